The number of rotatable bonds is 3. The Morgan fingerprint density at radius 2 is 1.86 bits per heavy atom. The SMILES string of the molecule is CC1CC(C)(C)CCC1NC1CC1NC(=O)OC(C)(C)C. The van der Waals surface area contributed by atoms with Gasteiger partial charge in [0.25, 0.3) is 0 Å². The summed E-state index contributed by atoms with van der Waals surface area (Å²) in [5, 5.41) is 6.69. The number of nitrogens with one attached hydrogen (secondary N) is 2. The summed E-state index contributed by atoms with van der Waals surface area (Å²) >= 11 is 0. The average molecular weight is 296 g/mol. The molecule has 1 amide bonds. The van der Waals surface area contributed by atoms with Gasteiger partial charge in [-0.2, -0.15) is 0 Å². The number of carbonyl (C=O) groups is 1. The Morgan fingerprint density at radius 1 is 1.19 bits per heavy atom. The standard InChI is InChI=1S/C17H32N2O2/c1-11-10-17(5,6)8-7-12(11)18-13-9-14(13)19-15(20)21-16(2,3)4/h11-14,18H,7-10H2,1-6H3,(H,19,20). The molecule has 0 saturated heterocycles. The third-order valence-electron chi connectivity index (χ3n) is 4.61. The van der Waals surface area contributed by atoms with Crippen LogP contribution in [0.1, 0.15) is 67.2 Å². The largest absolute Gasteiger partial charge is 0.444 e. The van der Waals surface area contributed by atoms with Crippen molar-refractivity contribution in [1.82, 2.24) is 10.6 Å². The third-order valence-corrected chi connectivity index (χ3v) is 4.61. The van der Waals surface area contributed by atoms with Gasteiger partial charge in [-0.1, -0.05) is 20.8 Å². The molecule has 0 aromatic rings. The minimum absolute atomic E-state index is 0.238. The van der Waals surface area contributed by atoms with E-state index in [1.54, 1.807) is 0 Å². The van der Waals surface area contributed by atoms with E-state index in [9.17, 15) is 4.79 Å². The van der Waals surface area contributed by atoms with Crippen LogP contribution in [0.5, 0.6) is 0 Å². The maximum Gasteiger partial charge on any atom is 0.407 e. The van der Waals surface area contributed by atoms with E-state index in [2.05, 4.69) is 31.4 Å². The number of hydrogen-bond donors (Lipinski definition) is 2. The lowest BCUT2D eigenvalue weighted by Gasteiger charge is -2.39. The number of amides is 1. The van der Waals surface area contributed by atoms with E-state index in [1.807, 2.05) is 20.8 Å². The summed E-state index contributed by atoms with van der Waals surface area (Å²) in [4.78, 5) is 11.7. The van der Waals surface area contributed by atoms with Crippen LogP contribution >= 0.6 is 0 Å². The molecule has 0 bridgehead atoms. The minimum Gasteiger partial charge on any atom is -0.444 e. The van der Waals surface area contributed by atoms with E-state index in [0.717, 1.165) is 6.42 Å². The molecular formula is C17H32N2O2. The Morgan fingerprint density at radius 3 is 2.43 bits per heavy atom. The molecule has 4 nitrogen and oxygen atoms in total. The topological polar surface area (TPSA) is 50.4 Å². The quantitative estimate of drug-likeness (QED) is 0.838. The van der Waals surface area contributed by atoms with Crippen LogP contribution in [0.2, 0.25) is 0 Å². The highest BCUT2D eigenvalue weighted by Crippen LogP contribution is 2.39. The highest BCUT2D eigenvalue weighted by Gasteiger charge is 2.42. The van der Waals surface area contributed by atoms with Crippen LogP contribution in [-0.4, -0.2) is 29.8 Å². The zero-order chi connectivity index (χ0) is 15.8. The Labute approximate surface area is 129 Å². The highest BCUT2D eigenvalue weighted by molar-refractivity contribution is 5.68. The molecule has 4 heteroatoms. The van der Waals surface area contributed by atoms with E-state index in [1.165, 1.54) is 19.3 Å². The first kappa shape index (κ1) is 16.6. The molecule has 0 spiro atoms. The van der Waals surface area contributed by atoms with Crippen LogP contribution in [0.4, 0.5) is 4.79 Å². The van der Waals surface area contributed by atoms with Crippen LogP contribution in [0.3, 0.4) is 0 Å². The van der Waals surface area contributed by atoms with Gasteiger partial charge in [0, 0.05) is 18.1 Å². The van der Waals surface area contributed by atoms with E-state index >= 15 is 0 Å². The minimum atomic E-state index is -0.425. The van der Waals surface area contributed by atoms with E-state index in [-0.39, 0.29) is 12.1 Å². The molecule has 0 aromatic heterocycles. The van der Waals surface area contributed by atoms with Crippen LogP contribution in [-0.2, 0) is 4.74 Å². The Hall–Kier alpha value is -0.770. The normalized spacial score (nSPS) is 35.1. The Kier molecular flexibility index (Phi) is 4.57. The van der Waals surface area contributed by atoms with Gasteiger partial charge in [0.05, 0.1) is 0 Å². The van der Waals surface area contributed by atoms with E-state index < -0.39 is 5.60 Å². The molecule has 2 saturated carbocycles. The predicted octanol–water partition coefficient (Wildman–Crippen LogP) is 3.46. The van der Waals surface area contributed by atoms with Crippen LogP contribution < -0.4 is 10.6 Å². The van der Waals surface area contributed by atoms with Crippen molar-refractivity contribution in [3.8, 4) is 0 Å². The maximum absolute atomic E-state index is 11.7. The molecule has 0 radical (unpaired) electrons. The zero-order valence-electron chi connectivity index (χ0n) is 14.5. The van der Waals surface area contributed by atoms with Crippen molar-refractivity contribution < 1.29 is 9.53 Å². The third kappa shape index (κ3) is 5.17. The molecule has 2 N–H and O–H groups in total. The average Bonchev–Trinajstić information content (AvgIpc) is 2.97. The second-order valence-electron chi connectivity index (χ2n) is 8.75. The Balaban J connectivity index is 1.71. The van der Waals surface area contributed by atoms with Gasteiger partial charge in [-0.3, -0.25) is 0 Å². The Bertz CT molecular complexity index is 387. The first-order chi connectivity index (χ1) is 9.56. The van der Waals surface area contributed by atoms with Crippen molar-refractivity contribution in [1.29, 1.82) is 0 Å². The fraction of sp³-hybridized carbons (Fsp3) is 0.941. The molecule has 2 aliphatic rings. The van der Waals surface area contributed by atoms with Crippen molar-refractivity contribution in [2.24, 2.45) is 11.3 Å². The van der Waals surface area contributed by atoms with Gasteiger partial charge in [-0.15, -0.1) is 0 Å². The van der Waals surface area contributed by atoms with Gasteiger partial charge in [-0.05, 0) is 57.8 Å². The number of ether oxygens (including phenoxy) is 1. The summed E-state index contributed by atoms with van der Waals surface area (Å²) in [7, 11) is 0. The molecular weight excluding hydrogens is 264 g/mol. The van der Waals surface area contributed by atoms with Gasteiger partial charge in [0.15, 0.2) is 0 Å². The van der Waals surface area contributed by atoms with E-state index in [4.69, 9.17) is 4.74 Å². The van der Waals surface area contributed by atoms with Gasteiger partial charge >= 0.3 is 6.09 Å². The highest BCUT2D eigenvalue weighted by atomic mass is 16.6. The summed E-state index contributed by atoms with van der Waals surface area (Å²) < 4.78 is 5.30. The summed E-state index contributed by atoms with van der Waals surface area (Å²) in [6, 6.07) is 1.25. The second kappa shape index (κ2) is 5.79. The number of hydrogen-bond acceptors (Lipinski definition) is 3. The van der Waals surface area contributed by atoms with Crippen molar-refractivity contribution in [3.05, 3.63) is 0 Å². The van der Waals surface area contributed by atoms with Gasteiger partial charge < -0.3 is 15.4 Å². The molecule has 21 heavy (non-hydrogen) atoms. The second-order valence-corrected chi connectivity index (χ2v) is 8.75. The molecule has 2 fully saturated rings. The molecule has 0 aromatic carbocycles. The lowest BCUT2D eigenvalue weighted by molar-refractivity contribution is 0.0521. The number of alkyl carbamates (subject to hydrolysis) is 1. The molecule has 2 aliphatic carbocycles. The monoisotopic (exact) mass is 296 g/mol. The van der Waals surface area contributed by atoms with Crippen molar-refractivity contribution >= 4 is 6.09 Å². The first-order valence-electron chi connectivity index (χ1n) is 8.31. The van der Waals surface area contributed by atoms with Gasteiger partial charge in [0.1, 0.15) is 5.60 Å². The van der Waals surface area contributed by atoms with Crippen LogP contribution in [0, 0.1) is 11.3 Å². The van der Waals surface area contributed by atoms with Crippen molar-refractivity contribution in [3.63, 3.8) is 0 Å². The molecule has 122 valence electrons. The lowest BCUT2D eigenvalue weighted by Crippen LogP contribution is -2.45. The molecule has 4 unspecified atom stereocenters. The lowest BCUT2D eigenvalue weighted by atomic mass is 9.70. The van der Waals surface area contributed by atoms with Crippen molar-refractivity contribution in [2.75, 3.05) is 0 Å². The van der Waals surface area contributed by atoms with Gasteiger partial charge in [-0.25, -0.2) is 4.79 Å². The van der Waals surface area contributed by atoms with Crippen LogP contribution in [0.15, 0.2) is 0 Å². The zero-order valence-corrected chi connectivity index (χ0v) is 14.5. The van der Waals surface area contributed by atoms with Crippen LogP contribution in [0.25, 0.3) is 0 Å². The summed E-state index contributed by atoms with van der Waals surface area (Å²) in [5.74, 6) is 0.705. The summed E-state index contributed by atoms with van der Waals surface area (Å²) in [5.41, 5.74) is 0.0562. The van der Waals surface area contributed by atoms with E-state index in [0.29, 0.717) is 23.4 Å². The molecule has 0 heterocycles. The molecule has 4 atom stereocenters. The first-order valence-corrected chi connectivity index (χ1v) is 8.31. The molecule has 2 rings (SSSR count). The van der Waals surface area contributed by atoms with Gasteiger partial charge in [0.2, 0.25) is 0 Å². The summed E-state index contributed by atoms with van der Waals surface area (Å²) in [6.45, 7) is 12.7. The van der Waals surface area contributed by atoms with Crippen molar-refractivity contribution in [2.45, 2.75) is 91.0 Å². The fourth-order valence-electron chi connectivity index (χ4n) is 3.47. The molecule has 0 aliphatic heterocycles. The number of carbonyl (C=O) groups excluding carboxylic acids is 1. The smallest absolute Gasteiger partial charge is 0.407 e. The predicted molar refractivity (Wildman–Crippen MR) is 85.3 cm³/mol. The maximum atomic E-state index is 11.7. The summed E-state index contributed by atoms with van der Waals surface area (Å²) in [6.07, 6.45) is 4.53. The fourth-order valence-corrected chi connectivity index (χ4v) is 3.47.